The molecule has 28 heavy (non-hydrogen) atoms. The van der Waals surface area contributed by atoms with Gasteiger partial charge in [-0.25, -0.2) is 4.98 Å². The number of carbonyl (C=O) groups is 1. The molecule has 0 spiro atoms. The van der Waals surface area contributed by atoms with E-state index in [1.807, 2.05) is 30.3 Å². The molecule has 0 aliphatic heterocycles. The number of benzene rings is 1. The highest BCUT2D eigenvalue weighted by Crippen LogP contribution is 2.19. The van der Waals surface area contributed by atoms with Gasteiger partial charge in [-0.05, 0) is 42.0 Å². The third-order valence-corrected chi connectivity index (χ3v) is 4.03. The number of methoxy groups -OCH3 is 1. The number of hydrogen-bond acceptors (Lipinski definition) is 5. The van der Waals surface area contributed by atoms with Crippen LogP contribution in [-0.2, 0) is 11.3 Å². The standard InChI is InChI=1S/C21H20N4O3/c1-28-18-7-5-17(6-8-18)19-13-21(27)25(15-24-19)12-11-23-20(26)9-4-16-3-2-10-22-14-16/h2-10,13-15H,11-12H2,1H3,(H,23,26)/b9-4+. The predicted molar refractivity (Wildman–Crippen MR) is 107 cm³/mol. The molecule has 1 aromatic carbocycles. The van der Waals surface area contributed by atoms with E-state index in [0.717, 1.165) is 16.9 Å². The lowest BCUT2D eigenvalue weighted by molar-refractivity contribution is -0.116. The summed E-state index contributed by atoms with van der Waals surface area (Å²) in [5.41, 5.74) is 2.08. The lowest BCUT2D eigenvalue weighted by Crippen LogP contribution is -2.29. The Hall–Kier alpha value is -3.74. The van der Waals surface area contributed by atoms with Crippen LogP contribution in [0.15, 0.2) is 72.1 Å². The van der Waals surface area contributed by atoms with E-state index < -0.39 is 0 Å². The molecule has 7 nitrogen and oxygen atoms in total. The molecule has 3 aromatic rings. The third-order valence-electron chi connectivity index (χ3n) is 4.03. The van der Waals surface area contributed by atoms with Gasteiger partial charge in [-0.15, -0.1) is 0 Å². The first-order valence-electron chi connectivity index (χ1n) is 8.72. The fraction of sp³-hybridized carbons (Fsp3) is 0.143. The number of carbonyl (C=O) groups excluding carboxylic acids is 1. The summed E-state index contributed by atoms with van der Waals surface area (Å²) >= 11 is 0. The number of amides is 1. The first-order chi connectivity index (χ1) is 13.7. The van der Waals surface area contributed by atoms with E-state index in [-0.39, 0.29) is 11.5 Å². The molecule has 0 atom stereocenters. The molecule has 0 aliphatic carbocycles. The van der Waals surface area contributed by atoms with Gasteiger partial charge in [0.25, 0.3) is 5.56 Å². The molecule has 0 saturated heterocycles. The second-order valence-electron chi connectivity index (χ2n) is 5.95. The Bertz CT molecular complexity index is 1010. The van der Waals surface area contributed by atoms with Crippen molar-refractivity contribution in [3.63, 3.8) is 0 Å². The molecular formula is C21H20N4O3. The van der Waals surface area contributed by atoms with Gasteiger partial charge in [0.15, 0.2) is 0 Å². The van der Waals surface area contributed by atoms with Gasteiger partial charge >= 0.3 is 0 Å². The van der Waals surface area contributed by atoms with E-state index in [0.29, 0.717) is 18.8 Å². The maximum Gasteiger partial charge on any atom is 0.253 e. The largest absolute Gasteiger partial charge is 0.497 e. The van der Waals surface area contributed by atoms with Crippen molar-refractivity contribution in [3.8, 4) is 17.0 Å². The molecule has 0 aliphatic rings. The van der Waals surface area contributed by atoms with Crippen LogP contribution in [0.3, 0.4) is 0 Å². The van der Waals surface area contributed by atoms with Crippen LogP contribution in [0.5, 0.6) is 5.75 Å². The number of rotatable bonds is 7. The van der Waals surface area contributed by atoms with Crippen molar-refractivity contribution in [2.24, 2.45) is 0 Å². The van der Waals surface area contributed by atoms with Crippen molar-refractivity contribution in [3.05, 3.63) is 83.2 Å². The zero-order valence-electron chi connectivity index (χ0n) is 15.4. The molecule has 0 fully saturated rings. The maximum absolute atomic E-state index is 12.3. The highest BCUT2D eigenvalue weighted by Gasteiger charge is 2.04. The third kappa shape index (κ3) is 5.14. The highest BCUT2D eigenvalue weighted by molar-refractivity contribution is 5.91. The monoisotopic (exact) mass is 376 g/mol. The van der Waals surface area contributed by atoms with Gasteiger partial charge in [0, 0.05) is 43.2 Å². The van der Waals surface area contributed by atoms with Crippen molar-refractivity contribution in [1.82, 2.24) is 19.9 Å². The van der Waals surface area contributed by atoms with Gasteiger partial charge in [-0.2, -0.15) is 0 Å². The Balaban J connectivity index is 1.55. The van der Waals surface area contributed by atoms with Crippen molar-refractivity contribution in [2.75, 3.05) is 13.7 Å². The molecule has 0 unspecified atom stereocenters. The molecular weight excluding hydrogens is 356 g/mol. The average Bonchev–Trinajstić information content (AvgIpc) is 2.74. The minimum absolute atomic E-state index is 0.180. The van der Waals surface area contributed by atoms with Crippen LogP contribution in [0.4, 0.5) is 0 Å². The molecule has 0 bridgehead atoms. The van der Waals surface area contributed by atoms with Crippen LogP contribution < -0.4 is 15.6 Å². The van der Waals surface area contributed by atoms with Crippen LogP contribution in [0.1, 0.15) is 5.56 Å². The summed E-state index contributed by atoms with van der Waals surface area (Å²) in [7, 11) is 1.60. The second-order valence-corrected chi connectivity index (χ2v) is 5.95. The van der Waals surface area contributed by atoms with Crippen molar-refractivity contribution < 1.29 is 9.53 Å². The van der Waals surface area contributed by atoms with Gasteiger partial charge in [-0.3, -0.25) is 19.1 Å². The molecule has 2 heterocycles. The summed E-state index contributed by atoms with van der Waals surface area (Å²) < 4.78 is 6.58. The summed E-state index contributed by atoms with van der Waals surface area (Å²) in [6.45, 7) is 0.654. The van der Waals surface area contributed by atoms with Gasteiger partial charge < -0.3 is 10.1 Å². The maximum atomic E-state index is 12.3. The van der Waals surface area contributed by atoms with Crippen molar-refractivity contribution >= 4 is 12.0 Å². The lowest BCUT2D eigenvalue weighted by atomic mass is 10.1. The summed E-state index contributed by atoms with van der Waals surface area (Å²) in [6.07, 6.45) is 7.94. The number of aromatic nitrogens is 3. The number of ether oxygens (including phenoxy) is 1. The van der Waals surface area contributed by atoms with E-state index in [4.69, 9.17) is 4.74 Å². The summed E-state index contributed by atoms with van der Waals surface area (Å²) in [5, 5.41) is 2.74. The molecule has 1 N–H and O–H groups in total. The number of nitrogens with zero attached hydrogens (tertiary/aromatic N) is 3. The van der Waals surface area contributed by atoms with E-state index in [2.05, 4.69) is 15.3 Å². The minimum atomic E-state index is -0.236. The quantitative estimate of drug-likeness (QED) is 0.639. The molecule has 2 aromatic heterocycles. The van der Waals surface area contributed by atoms with Gasteiger partial charge in [0.1, 0.15) is 5.75 Å². The van der Waals surface area contributed by atoms with Crippen LogP contribution in [-0.4, -0.2) is 34.1 Å². The Morgan fingerprint density at radius 3 is 2.75 bits per heavy atom. The first kappa shape index (κ1) is 19.0. The smallest absolute Gasteiger partial charge is 0.253 e. The molecule has 3 rings (SSSR count). The molecule has 0 radical (unpaired) electrons. The van der Waals surface area contributed by atoms with Crippen LogP contribution >= 0.6 is 0 Å². The average molecular weight is 376 g/mol. The second kappa shape index (κ2) is 9.27. The highest BCUT2D eigenvalue weighted by atomic mass is 16.5. The van der Waals surface area contributed by atoms with Gasteiger partial charge in [-0.1, -0.05) is 6.07 Å². The zero-order valence-corrected chi connectivity index (χ0v) is 15.4. The van der Waals surface area contributed by atoms with Crippen molar-refractivity contribution in [1.29, 1.82) is 0 Å². The molecule has 142 valence electrons. The topological polar surface area (TPSA) is 86.1 Å². The fourth-order valence-electron chi connectivity index (χ4n) is 2.52. The molecule has 1 amide bonds. The number of nitrogens with one attached hydrogen (secondary N) is 1. The molecule has 0 saturated carbocycles. The predicted octanol–water partition coefficient (Wildman–Crippen LogP) is 2.14. The number of pyridine rings is 1. The normalized spacial score (nSPS) is 10.8. The summed E-state index contributed by atoms with van der Waals surface area (Å²) in [5.74, 6) is 0.505. The summed E-state index contributed by atoms with van der Waals surface area (Å²) in [6, 6.07) is 12.5. The number of hydrogen-bond donors (Lipinski definition) is 1. The van der Waals surface area contributed by atoms with Gasteiger partial charge in [0.2, 0.25) is 5.91 Å². The first-order valence-corrected chi connectivity index (χ1v) is 8.72. The van der Waals surface area contributed by atoms with Crippen LogP contribution in [0.2, 0.25) is 0 Å². The summed E-state index contributed by atoms with van der Waals surface area (Å²) in [4.78, 5) is 32.4. The Morgan fingerprint density at radius 1 is 1.25 bits per heavy atom. The lowest BCUT2D eigenvalue weighted by Gasteiger charge is -2.07. The van der Waals surface area contributed by atoms with Crippen molar-refractivity contribution in [2.45, 2.75) is 6.54 Å². The van der Waals surface area contributed by atoms with Crippen LogP contribution in [0, 0.1) is 0 Å². The van der Waals surface area contributed by atoms with E-state index >= 15 is 0 Å². The Kier molecular flexibility index (Phi) is 6.30. The Labute approximate surface area is 162 Å². The van der Waals surface area contributed by atoms with E-state index in [9.17, 15) is 9.59 Å². The van der Waals surface area contributed by atoms with E-state index in [1.54, 1.807) is 31.6 Å². The zero-order chi connectivity index (χ0) is 19.8. The Morgan fingerprint density at radius 2 is 2.07 bits per heavy atom. The SMILES string of the molecule is COc1ccc(-c2cc(=O)n(CCNC(=O)/C=C/c3cccnc3)cn2)cc1. The molecule has 7 heteroatoms. The van der Waals surface area contributed by atoms with Gasteiger partial charge in [0.05, 0.1) is 19.1 Å². The minimum Gasteiger partial charge on any atom is -0.497 e. The fourth-order valence-corrected chi connectivity index (χ4v) is 2.52. The van der Waals surface area contributed by atoms with Crippen LogP contribution in [0.25, 0.3) is 17.3 Å². The van der Waals surface area contributed by atoms with E-state index in [1.165, 1.54) is 23.0 Å².